The van der Waals surface area contributed by atoms with Crippen LogP contribution in [0.15, 0.2) is 0 Å². The number of nitrogens with one attached hydrogen (secondary N) is 3. The molecule has 0 saturated carbocycles. The van der Waals surface area contributed by atoms with Gasteiger partial charge >= 0.3 is 6.09 Å². The molecule has 0 spiro atoms. The molecule has 5 atom stereocenters. The molecule has 1 rings (SSSR count). The summed E-state index contributed by atoms with van der Waals surface area (Å²) in [6, 6.07) is -1.04. The molecular formula is C26H49N3O13. The van der Waals surface area contributed by atoms with Crippen LogP contribution in [-0.4, -0.2) is 149 Å². The molecule has 6 N–H and O–H groups in total. The average Bonchev–Trinajstić information content (AvgIpc) is 2.91. The second-order valence-electron chi connectivity index (χ2n) is 10.3. The molecule has 0 aromatic rings. The smallest absolute Gasteiger partial charge is 0.407 e. The fourth-order valence-electron chi connectivity index (χ4n) is 3.53. The monoisotopic (exact) mass is 611 g/mol. The van der Waals surface area contributed by atoms with Gasteiger partial charge in [-0.2, -0.15) is 0 Å². The first kappa shape index (κ1) is 37.9. The molecule has 1 heterocycles. The normalized spacial score (nSPS) is 22.4. The van der Waals surface area contributed by atoms with Crippen LogP contribution in [0, 0.1) is 0 Å². The maximum atomic E-state index is 12.0. The number of alkyl carbamates (subject to hydrolysis) is 1. The van der Waals surface area contributed by atoms with Gasteiger partial charge in [-0.25, -0.2) is 4.79 Å². The number of aliphatic hydroxyl groups excluding tert-OH is 3. The highest BCUT2D eigenvalue weighted by Crippen LogP contribution is 2.22. The molecule has 16 heteroatoms. The van der Waals surface area contributed by atoms with Crippen molar-refractivity contribution in [2.75, 3.05) is 79.2 Å². The van der Waals surface area contributed by atoms with E-state index in [9.17, 15) is 29.7 Å². The predicted molar refractivity (Wildman–Crippen MR) is 146 cm³/mol. The molecule has 16 nitrogen and oxygen atoms in total. The van der Waals surface area contributed by atoms with Crippen LogP contribution >= 0.6 is 0 Å². The van der Waals surface area contributed by atoms with E-state index in [0.29, 0.717) is 52.8 Å². The van der Waals surface area contributed by atoms with Crippen LogP contribution in [-0.2, 0) is 42.7 Å². The lowest BCUT2D eigenvalue weighted by Crippen LogP contribution is -2.64. The summed E-state index contributed by atoms with van der Waals surface area (Å²) in [5.74, 6) is -0.717. The van der Waals surface area contributed by atoms with E-state index < -0.39 is 54.9 Å². The standard InChI is InChI=1S/C26H49N3O13/c1-18(31)29-21-23(34)22(33)19(17-30)41-24(21)40-10-7-27-20(32)5-8-36-11-13-38-15-16-39-14-12-37-9-6-28-25(35)42-26(2,3)4/h19,21-24,30,33-34H,5-17H2,1-4H3,(H,27,32)(H,28,35)(H,29,31). The summed E-state index contributed by atoms with van der Waals surface area (Å²) in [6.45, 7) is 9.31. The maximum absolute atomic E-state index is 12.0. The highest BCUT2D eigenvalue weighted by molar-refractivity contribution is 5.75. The van der Waals surface area contributed by atoms with Crippen LogP contribution in [0.1, 0.15) is 34.1 Å². The number of hydrogen-bond donors (Lipinski definition) is 6. The van der Waals surface area contributed by atoms with E-state index in [0.717, 1.165) is 0 Å². The number of rotatable bonds is 21. The van der Waals surface area contributed by atoms with E-state index in [-0.39, 0.29) is 32.1 Å². The maximum Gasteiger partial charge on any atom is 0.407 e. The lowest BCUT2D eigenvalue weighted by Gasteiger charge is -2.42. The third-order valence-electron chi connectivity index (χ3n) is 5.46. The first-order valence-corrected chi connectivity index (χ1v) is 14.0. The Morgan fingerprint density at radius 3 is 1.88 bits per heavy atom. The molecule has 42 heavy (non-hydrogen) atoms. The fraction of sp³-hybridized carbons (Fsp3) is 0.885. The minimum absolute atomic E-state index is 0.00164. The van der Waals surface area contributed by atoms with Gasteiger partial charge in [-0.15, -0.1) is 0 Å². The summed E-state index contributed by atoms with van der Waals surface area (Å²) < 4.78 is 37.6. The van der Waals surface area contributed by atoms with Crippen molar-refractivity contribution in [1.82, 2.24) is 16.0 Å². The van der Waals surface area contributed by atoms with Crippen LogP contribution in [0.4, 0.5) is 4.79 Å². The van der Waals surface area contributed by atoms with Gasteiger partial charge in [0.2, 0.25) is 11.8 Å². The first-order chi connectivity index (χ1) is 19.9. The Morgan fingerprint density at radius 1 is 0.786 bits per heavy atom. The first-order valence-electron chi connectivity index (χ1n) is 14.0. The Kier molecular flexibility index (Phi) is 19.4. The van der Waals surface area contributed by atoms with Crippen molar-refractivity contribution in [3.05, 3.63) is 0 Å². The zero-order valence-corrected chi connectivity index (χ0v) is 25.0. The average molecular weight is 612 g/mol. The highest BCUT2D eigenvalue weighted by atomic mass is 16.7. The summed E-state index contributed by atoms with van der Waals surface area (Å²) in [6.07, 6.45) is -5.36. The summed E-state index contributed by atoms with van der Waals surface area (Å²) in [7, 11) is 0. The van der Waals surface area contributed by atoms with Crippen molar-refractivity contribution >= 4 is 17.9 Å². The summed E-state index contributed by atoms with van der Waals surface area (Å²) in [5.41, 5.74) is -0.539. The van der Waals surface area contributed by atoms with E-state index in [1.54, 1.807) is 20.8 Å². The van der Waals surface area contributed by atoms with Gasteiger partial charge in [0.15, 0.2) is 6.29 Å². The van der Waals surface area contributed by atoms with Crippen molar-refractivity contribution in [1.29, 1.82) is 0 Å². The number of carbonyl (C=O) groups excluding carboxylic acids is 3. The molecule has 0 aromatic heterocycles. The van der Waals surface area contributed by atoms with Crippen LogP contribution in [0.3, 0.4) is 0 Å². The number of amides is 3. The Hall–Kier alpha value is -2.15. The Balaban J connectivity index is 1.97. The number of aliphatic hydroxyl groups is 3. The highest BCUT2D eigenvalue weighted by Gasteiger charge is 2.45. The van der Waals surface area contributed by atoms with Crippen LogP contribution in [0.2, 0.25) is 0 Å². The van der Waals surface area contributed by atoms with Crippen molar-refractivity contribution in [2.24, 2.45) is 0 Å². The Morgan fingerprint density at radius 2 is 1.33 bits per heavy atom. The minimum Gasteiger partial charge on any atom is -0.444 e. The molecule has 0 bridgehead atoms. The van der Waals surface area contributed by atoms with Crippen molar-refractivity contribution in [2.45, 2.75) is 70.4 Å². The molecule has 1 aliphatic rings. The van der Waals surface area contributed by atoms with Gasteiger partial charge in [0.1, 0.15) is 30.0 Å². The quantitative estimate of drug-likeness (QED) is 0.0780. The predicted octanol–water partition coefficient (Wildman–Crippen LogP) is -1.96. The van der Waals surface area contributed by atoms with E-state index in [1.165, 1.54) is 6.92 Å². The van der Waals surface area contributed by atoms with Crippen molar-refractivity contribution in [3.8, 4) is 0 Å². The van der Waals surface area contributed by atoms with Crippen LogP contribution < -0.4 is 16.0 Å². The molecule has 246 valence electrons. The zero-order valence-electron chi connectivity index (χ0n) is 25.0. The number of ether oxygens (including phenoxy) is 7. The molecule has 1 saturated heterocycles. The number of hydrogen-bond acceptors (Lipinski definition) is 13. The summed E-state index contributed by atoms with van der Waals surface area (Å²) in [5, 5.41) is 37.3. The lowest BCUT2D eigenvalue weighted by atomic mass is 9.97. The molecule has 0 radical (unpaired) electrons. The van der Waals surface area contributed by atoms with Gasteiger partial charge in [0.05, 0.1) is 66.1 Å². The second-order valence-corrected chi connectivity index (χ2v) is 10.3. The number of carbonyl (C=O) groups is 3. The van der Waals surface area contributed by atoms with Crippen molar-refractivity contribution < 1.29 is 62.9 Å². The van der Waals surface area contributed by atoms with E-state index in [2.05, 4.69) is 16.0 Å². The molecule has 0 aromatic carbocycles. The van der Waals surface area contributed by atoms with Crippen LogP contribution in [0.25, 0.3) is 0 Å². The van der Waals surface area contributed by atoms with Gasteiger partial charge in [-0.3, -0.25) is 9.59 Å². The molecule has 1 fully saturated rings. The van der Waals surface area contributed by atoms with Crippen LogP contribution in [0.5, 0.6) is 0 Å². The Labute approximate surface area is 246 Å². The van der Waals surface area contributed by atoms with Gasteiger partial charge in [0.25, 0.3) is 0 Å². The third-order valence-corrected chi connectivity index (χ3v) is 5.46. The molecular weight excluding hydrogens is 562 g/mol. The molecule has 0 aliphatic carbocycles. The van der Waals surface area contributed by atoms with Gasteiger partial charge in [-0.1, -0.05) is 0 Å². The largest absolute Gasteiger partial charge is 0.444 e. The molecule has 3 amide bonds. The van der Waals surface area contributed by atoms with Gasteiger partial charge in [-0.05, 0) is 20.8 Å². The SMILES string of the molecule is CC(=O)NC1C(OCCNC(=O)CCOCCOCCOCCOCCNC(=O)OC(C)(C)C)OC(CO)C(O)C1O. The lowest BCUT2D eigenvalue weighted by molar-refractivity contribution is -0.269. The summed E-state index contributed by atoms with van der Waals surface area (Å²) >= 11 is 0. The molecule has 1 aliphatic heterocycles. The third kappa shape index (κ3) is 17.7. The van der Waals surface area contributed by atoms with Gasteiger partial charge in [0, 0.05) is 26.4 Å². The van der Waals surface area contributed by atoms with Gasteiger partial charge < -0.3 is 64.4 Å². The zero-order chi connectivity index (χ0) is 31.4. The second kappa shape index (κ2) is 21.5. The topological polar surface area (TPSA) is 213 Å². The van der Waals surface area contributed by atoms with Crippen molar-refractivity contribution in [3.63, 3.8) is 0 Å². The fourth-order valence-corrected chi connectivity index (χ4v) is 3.53. The van der Waals surface area contributed by atoms with E-state index in [1.807, 2.05) is 0 Å². The summed E-state index contributed by atoms with van der Waals surface area (Å²) in [4.78, 5) is 34.9. The molecule has 5 unspecified atom stereocenters. The minimum atomic E-state index is -1.40. The van der Waals surface area contributed by atoms with E-state index in [4.69, 9.17) is 33.2 Å². The Bertz CT molecular complexity index is 768. The van der Waals surface area contributed by atoms with E-state index >= 15 is 0 Å².